The van der Waals surface area contributed by atoms with Crippen LogP contribution in [-0.2, 0) is 4.79 Å². The molecule has 0 saturated carbocycles. The van der Waals surface area contributed by atoms with Gasteiger partial charge in [0.05, 0.1) is 5.69 Å². The van der Waals surface area contributed by atoms with Crippen molar-refractivity contribution >= 4 is 11.6 Å². The topological polar surface area (TPSA) is 55.1 Å². The van der Waals surface area contributed by atoms with E-state index in [1.165, 1.54) is 12.1 Å². The molecule has 1 aromatic rings. The molecule has 0 fully saturated rings. The van der Waals surface area contributed by atoms with E-state index in [0.717, 1.165) is 0 Å². The normalized spacial score (nSPS) is 13.2. The van der Waals surface area contributed by atoms with Gasteiger partial charge in [0.1, 0.15) is 5.82 Å². The number of nitrogens with two attached hydrogens (primary N) is 1. The summed E-state index contributed by atoms with van der Waals surface area (Å²) in [4.78, 5) is 11.7. The van der Waals surface area contributed by atoms with Crippen molar-refractivity contribution in [3.8, 4) is 0 Å². The molecule has 0 aromatic heterocycles. The minimum absolute atomic E-state index is 0.146. The fraction of sp³-hybridized carbons (Fsp3) is 0.462. The Hall–Kier alpha value is -1.42. The van der Waals surface area contributed by atoms with Gasteiger partial charge in [0.15, 0.2) is 0 Å². The lowest BCUT2D eigenvalue weighted by Crippen LogP contribution is -2.38. The third-order valence-electron chi connectivity index (χ3n) is 2.67. The number of para-hydroxylation sites is 1. The summed E-state index contributed by atoms with van der Waals surface area (Å²) in [6.07, 6.45) is 0.178. The fourth-order valence-electron chi connectivity index (χ4n) is 1.27. The van der Waals surface area contributed by atoms with Crippen LogP contribution in [0.2, 0.25) is 0 Å². The number of anilines is 1. The average molecular weight is 238 g/mol. The SMILES string of the molecule is CC(C)(C)C(N)CC(=O)Nc1ccccc1F. The van der Waals surface area contributed by atoms with Crippen molar-refractivity contribution in [2.75, 3.05) is 5.32 Å². The summed E-state index contributed by atoms with van der Waals surface area (Å²) in [7, 11) is 0. The van der Waals surface area contributed by atoms with Crippen molar-refractivity contribution < 1.29 is 9.18 Å². The molecule has 1 unspecified atom stereocenters. The molecule has 0 bridgehead atoms. The highest BCUT2D eigenvalue weighted by atomic mass is 19.1. The van der Waals surface area contributed by atoms with Crippen molar-refractivity contribution in [3.63, 3.8) is 0 Å². The molecular formula is C13H19FN2O. The summed E-state index contributed by atoms with van der Waals surface area (Å²) in [6, 6.07) is 5.82. The van der Waals surface area contributed by atoms with E-state index >= 15 is 0 Å². The second-order valence-electron chi connectivity index (χ2n) is 5.20. The van der Waals surface area contributed by atoms with Crippen LogP contribution in [0, 0.1) is 11.2 Å². The molecule has 94 valence electrons. The first-order chi connectivity index (χ1) is 7.80. The Bertz CT molecular complexity index is 399. The number of hydrogen-bond acceptors (Lipinski definition) is 2. The summed E-state index contributed by atoms with van der Waals surface area (Å²) in [5.74, 6) is -0.706. The maximum atomic E-state index is 13.3. The number of benzene rings is 1. The fourth-order valence-corrected chi connectivity index (χ4v) is 1.27. The quantitative estimate of drug-likeness (QED) is 0.850. The van der Waals surface area contributed by atoms with Crippen LogP contribution in [0.3, 0.4) is 0 Å². The van der Waals surface area contributed by atoms with E-state index in [4.69, 9.17) is 5.73 Å². The monoisotopic (exact) mass is 238 g/mol. The van der Waals surface area contributed by atoms with E-state index in [1.807, 2.05) is 20.8 Å². The van der Waals surface area contributed by atoms with Gasteiger partial charge in [-0.25, -0.2) is 4.39 Å². The largest absolute Gasteiger partial charge is 0.327 e. The first-order valence-corrected chi connectivity index (χ1v) is 5.60. The highest BCUT2D eigenvalue weighted by molar-refractivity contribution is 5.91. The zero-order valence-electron chi connectivity index (χ0n) is 10.5. The highest BCUT2D eigenvalue weighted by Gasteiger charge is 2.23. The summed E-state index contributed by atoms with van der Waals surface area (Å²) >= 11 is 0. The second kappa shape index (κ2) is 5.27. The Morgan fingerprint density at radius 1 is 1.41 bits per heavy atom. The molecule has 0 aliphatic heterocycles. The number of hydrogen-bond donors (Lipinski definition) is 2. The zero-order valence-corrected chi connectivity index (χ0v) is 10.5. The molecule has 1 atom stereocenters. The molecule has 3 nitrogen and oxygen atoms in total. The van der Waals surface area contributed by atoms with E-state index in [1.54, 1.807) is 12.1 Å². The van der Waals surface area contributed by atoms with Gasteiger partial charge in [-0.1, -0.05) is 32.9 Å². The van der Waals surface area contributed by atoms with Crippen LogP contribution in [-0.4, -0.2) is 11.9 Å². The first kappa shape index (κ1) is 13.6. The minimum atomic E-state index is -0.440. The van der Waals surface area contributed by atoms with Crippen LogP contribution in [0.1, 0.15) is 27.2 Å². The van der Waals surface area contributed by atoms with Gasteiger partial charge in [0.2, 0.25) is 5.91 Å². The van der Waals surface area contributed by atoms with Crippen LogP contribution < -0.4 is 11.1 Å². The van der Waals surface area contributed by atoms with E-state index in [2.05, 4.69) is 5.32 Å². The van der Waals surface area contributed by atoms with E-state index in [9.17, 15) is 9.18 Å². The van der Waals surface area contributed by atoms with Crippen molar-refractivity contribution in [2.24, 2.45) is 11.1 Å². The first-order valence-electron chi connectivity index (χ1n) is 5.60. The van der Waals surface area contributed by atoms with Gasteiger partial charge in [-0.05, 0) is 17.5 Å². The number of carbonyl (C=O) groups is 1. The van der Waals surface area contributed by atoms with Crippen LogP contribution in [0.25, 0.3) is 0 Å². The average Bonchev–Trinajstić information content (AvgIpc) is 2.20. The molecule has 17 heavy (non-hydrogen) atoms. The second-order valence-corrected chi connectivity index (χ2v) is 5.20. The molecule has 0 aliphatic carbocycles. The third-order valence-corrected chi connectivity index (χ3v) is 2.67. The van der Waals surface area contributed by atoms with Crippen molar-refractivity contribution in [2.45, 2.75) is 33.2 Å². The highest BCUT2D eigenvalue weighted by Crippen LogP contribution is 2.20. The third kappa shape index (κ3) is 4.15. The minimum Gasteiger partial charge on any atom is -0.327 e. The van der Waals surface area contributed by atoms with E-state index in [-0.39, 0.29) is 29.5 Å². The van der Waals surface area contributed by atoms with Crippen LogP contribution in [0.4, 0.5) is 10.1 Å². The van der Waals surface area contributed by atoms with Gasteiger partial charge in [-0.3, -0.25) is 4.79 Å². The Kier molecular flexibility index (Phi) is 4.23. The van der Waals surface area contributed by atoms with Gasteiger partial charge in [0, 0.05) is 12.5 Å². The van der Waals surface area contributed by atoms with Gasteiger partial charge in [0.25, 0.3) is 0 Å². The maximum Gasteiger partial charge on any atom is 0.226 e. The summed E-state index contributed by atoms with van der Waals surface area (Å²) in [5, 5.41) is 2.52. The summed E-state index contributed by atoms with van der Waals surface area (Å²) in [5.41, 5.74) is 5.94. The lowest BCUT2D eigenvalue weighted by molar-refractivity contribution is -0.117. The van der Waals surface area contributed by atoms with E-state index < -0.39 is 5.82 Å². The molecule has 1 rings (SSSR count). The number of nitrogens with one attached hydrogen (secondary N) is 1. The Labute approximate surface area is 101 Å². The number of amides is 1. The van der Waals surface area contributed by atoms with Gasteiger partial charge in [-0.15, -0.1) is 0 Å². The molecule has 1 amide bonds. The smallest absolute Gasteiger partial charge is 0.226 e. The lowest BCUT2D eigenvalue weighted by Gasteiger charge is -2.26. The standard InChI is InChI=1S/C13H19FN2O/c1-13(2,3)11(15)8-12(17)16-10-7-5-4-6-9(10)14/h4-7,11H,8,15H2,1-3H3,(H,16,17). The van der Waals surface area contributed by atoms with Crippen molar-refractivity contribution in [1.29, 1.82) is 0 Å². The molecule has 0 heterocycles. The number of carbonyl (C=O) groups excluding carboxylic acids is 1. The van der Waals surface area contributed by atoms with Crippen molar-refractivity contribution in [3.05, 3.63) is 30.1 Å². The molecule has 0 saturated heterocycles. The molecule has 0 radical (unpaired) electrons. The Morgan fingerprint density at radius 3 is 2.53 bits per heavy atom. The maximum absolute atomic E-state index is 13.3. The molecular weight excluding hydrogens is 219 g/mol. The summed E-state index contributed by atoms with van der Waals surface area (Å²) < 4.78 is 13.3. The zero-order chi connectivity index (χ0) is 13.1. The van der Waals surface area contributed by atoms with E-state index in [0.29, 0.717) is 0 Å². The van der Waals surface area contributed by atoms with Crippen LogP contribution >= 0.6 is 0 Å². The predicted molar refractivity (Wildman–Crippen MR) is 67.1 cm³/mol. The van der Waals surface area contributed by atoms with Crippen LogP contribution in [0.15, 0.2) is 24.3 Å². The van der Waals surface area contributed by atoms with Gasteiger partial charge in [-0.2, -0.15) is 0 Å². The van der Waals surface area contributed by atoms with Gasteiger partial charge >= 0.3 is 0 Å². The molecule has 0 spiro atoms. The number of rotatable bonds is 3. The Morgan fingerprint density at radius 2 is 2.00 bits per heavy atom. The lowest BCUT2D eigenvalue weighted by atomic mass is 9.85. The molecule has 1 aromatic carbocycles. The van der Waals surface area contributed by atoms with Crippen molar-refractivity contribution in [1.82, 2.24) is 0 Å². The van der Waals surface area contributed by atoms with Gasteiger partial charge < -0.3 is 11.1 Å². The number of halogens is 1. The molecule has 4 heteroatoms. The van der Waals surface area contributed by atoms with Crippen LogP contribution in [0.5, 0.6) is 0 Å². The summed E-state index contributed by atoms with van der Waals surface area (Å²) in [6.45, 7) is 5.90. The predicted octanol–water partition coefficient (Wildman–Crippen LogP) is 2.53. The Balaban J connectivity index is 2.60. The molecule has 0 aliphatic rings. The molecule has 3 N–H and O–H groups in total.